The first-order chi connectivity index (χ1) is 12.2. The summed E-state index contributed by atoms with van der Waals surface area (Å²) in [5.74, 6) is -2.73. The molecular formula is C18H21F3N2O3. The van der Waals surface area contributed by atoms with Gasteiger partial charge >= 0.3 is 12.1 Å². The zero-order chi connectivity index (χ0) is 18.9. The van der Waals surface area contributed by atoms with Gasteiger partial charge in [0.05, 0.1) is 6.04 Å². The van der Waals surface area contributed by atoms with E-state index in [-0.39, 0.29) is 6.42 Å². The van der Waals surface area contributed by atoms with Crippen LogP contribution in [0.4, 0.5) is 13.2 Å². The second-order valence-electron chi connectivity index (χ2n) is 6.91. The fourth-order valence-corrected chi connectivity index (χ4v) is 3.99. The molecule has 2 fully saturated rings. The molecular weight excluding hydrogens is 349 g/mol. The van der Waals surface area contributed by atoms with Gasteiger partial charge in [0.25, 0.3) is 0 Å². The molecule has 5 nitrogen and oxygen atoms in total. The van der Waals surface area contributed by atoms with Gasteiger partial charge in [-0.3, -0.25) is 9.59 Å². The fraction of sp³-hybridized carbons (Fsp3) is 0.556. The highest BCUT2D eigenvalue weighted by molar-refractivity contribution is 5.90. The second kappa shape index (κ2) is 6.90. The van der Waals surface area contributed by atoms with Crippen molar-refractivity contribution in [2.75, 3.05) is 6.54 Å². The van der Waals surface area contributed by atoms with Gasteiger partial charge in [-0.05, 0) is 18.4 Å². The highest BCUT2D eigenvalue weighted by Gasteiger charge is 2.53. The van der Waals surface area contributed by atoms with Crippen molar-refractivity contribution >= 4 is 11.8 Å². The number of halogens is 3. The number of fused-ring (bicyclic) bond motifs is 1. The predicted octanol–water partition coefficient (Wildman–Crippen LogP) is 2.10. The van der Waals surface area contributed by atoms with Crippen LogP contribution in [0.25, 0.3) is 0 Å². The molecule has 26 heavy (non-hydrogen) atoms. The molecule has 0 radical (unpaired) electrons. The van der Waals surface area contributed by atoms with Gasteiger partial charge in [0.2, 0.25) is 5.91 Å². The number of carbonyl (C=O) groups is 2. The largest absolute Gasteiger partial charge is 0.471 e. The molecule has 3 rings (SSSR count). The lowest BCUT2D eigenvalue weighted by molar-refractivity contribution is -0.179. The van der Waals surface area contributed by atoms with Crippen LogP contribution < -0.4 is 5.32 Å². The van der Waals surface area contributed by atoms with Crippen LogP contribution in [-0.4, -0.2) is 46.6 Å². The normalized spacial score (nSPS) is 29.7. The number of carbonyl (C=O) groups excluding carboxylic acids is 2. The second-order valence-corrected chi connectivity index (χ2v) is 6.91. The maximum absolute atomic E-state index is 12.7. The van der Waals surface area contributed by atoms with Crippen LogP contribution in [0, 0.1) is 0 Å². The van der Waals surface area contributed by atoms with Crippen LogP contribution in [0.1, 0.15) is 37.7 Å². The molecule has 0 unspecified atom stereocenters. The Balaban J connectivity index is 1.97. The molecule has 3 atom stereocenters. The summed E-state index contributed by atoms with van der Waals surface area (Å²) < 4.78 is 37.9. The smallest absolute Gasteiger partial charge is 0.383 e. The van der Waals surface area contributed by atoms with Crippen molar-refractivity contribution in [3.05, 3.63) is 35.9 Å². The van der Waals surface area contributed by atoms with Gasteiger partial charge in [0.15, 0.2) is 0 Å². The van der Waals surface area contributed by atoms with Crippen molar-refractivity contribution in [2.45, 2.75) is 56.0 Å². The number of amides is 2. The number of benzene rings is 1. The summed E-state index contributed by atoms with van der Waals surface area (Å²) in [5, 5.41) is 13.2. The van der Waals surface area contributed by atoms with Gasteiger partial charge in [-0.25, -0.2) is 0 Å². The van der Waals surface area contributed by atoms with E-state index < -0.39 is 35.7 Å². The minimum Gasteiger partial charge on any atom is -0.383 e. The number of hydrogen-bond donors (Lipinski definition) is 2. The van der Waals surface area contributed by atoms with E-state index in [4.69, 9.17) is 0 Å². The van der Waals surface area contributed by atoms with E-state index in [0.717, 1.165) is 12.8 Å². The zero-order valence-corrected chi connectivity index (χ0v) is 14.1. The monoisotopic (exact) mass is 370 g/mol. The topological polar surface area (TPSA) is 69.6 Å². The molecule has 2 N–H and O–H groups in total. The number of aliphatic hydroxyl groups is 1. The average Bonchev–Trinajstić information content (AvgIpc) is 2.86. The third-order valence-corrected chi connectivity index (χ3v) is 5.24. The number of hydrogen-bond acceptors (Lipinski definition) is 3. The maximum Gasteiger partial charge on any atom is 0.471 e. The Bertz CT molecular complexity index is 680. The Labute approximate surface area is 149 Å². The van der Waals surface area contributed by atoms with Crippen LogP contribution in [-0.2, 0) is 15.2 Å². The van der Waals surface area contributed by atoms with Crippen molar-refractivity contribution in [3.8, 4) is 0 Å². The molecule has 0 saturated carbocycles. The van der Waals surface area contributed by atoms with Gasteiger partial charge in [0.1, 0.15) is 11.6 Å². The Morgan fingerprint density at radius 3 is 2.54 bits per heavy atom. The molecule has 2 amide bonds. The highest BCUT2D eigenvalue weighted by atomic mass is 19.4. The number of rotatable bonds is 2. The van der Waals surface area contributed by atoms with Crippen LogP contribution in [0.15, 0.2) is 30.3 Å². The molecule has 2 saturated heterocycles. The standard InChI is InChI=1S/C18H21F3N2O3/c19-18(20,21)16(25)22-13-11-17(26,12-7-3-1-4-8-12)14-9-5-2-6-10-23(14)15(13)24/h1,3-4,7-8,13-14,26H,2,5-6,9-11H2,(H,22,25)/t13-,14+,17-/m0/s1. The molecule has 2 heterocycles. The van der Waals surface area contributed by atoms with Crippen molar-refractivity contribution in [3.63, 3.8) is 0 Å². The molecule has 142 valence electrons. The molecule has 0 bridgehead atoms. The summed E-state index contributed by atoms with van der Waals surface area (Å²) in [6.07, 6.45) is -2.38. The number of piperidine rings is 1. The number of nitrogens with one attached hydrogen (secondary N) is 1. The third kappa shape index (κ3) is 3.42. The molecule has 2 aliphatic heterocycles. The summed E-state index contributed by atoms with van der Waals surface area (Å²) in [7, 11) is 0. The fourth-order valence-electron chi connectivity index (χ4n) is 3.99. The minimum absolute atomic E-state index is 0.279. The van der Waals surface area contributed by atoms with E-state index in [9.17, 15) is 27.9 Å². The quantitative estimate of drug-likeness (QED) is 0.838. The molecule has 0 aromatic heterocycles. The van der Waals surface area contributed by atoms with Crippen molar-refractivity contribution in [1.82, 2.24) is 10.2 Å². The van der Waals surface area contributed by atoms with Crippen LogP contribution in [0.3, 0.4) is 0 Å². The van der Waals surface area contributed by atoms with Gasteiger partial charge in [-0.1, -0.05) is 43.2 Å². The first-order valence-corrected chi connectivity index (χ1v) is 8.69. The minimum atomic E-state index is -5.08. The van der Waals surface area contributed by atoms with Gasteiger partial charge in [-0.2, -0.15) is 13.2 Å². The van der Waals surface area contributed by atoms with Crippen LogP contribution >= 0.6 is 0 Å². The molecule has 0 aliphatic carbocycles. The van der Waals surface area contributed by atoms with Crippen molar-refractivity contribution in [2.24, 2.45) is 0 Å². The summed E-state index contributed by atoms with van der Waals surface area (Å²) in [6.45, 7) is 0.358. The average molecular weight is 370 g/mol. The summed E-state index contributed by atoms with van der Waals surface area (Å²) in [6, 6.07) is 6.70. The molecule has 0 spiro atoms. The SMILES string of the molecule is O=C1[C@@H](NC(=O)C(F)(F)F)C[C@](O)(c2ccccc2)[C@H]2CCCCCN12. The Hall–Kier alpha value is -2.09. The summed E-state index contributed by atoms with van der Waals surface area (Å²) in [4.78, 5) is 25.5. The maximum atomic E-state index is 12.7. The van der Waals surface area contributed by atoms with E-state index in [1.54, 1.807) is 35.6 Å². The van der Waals surface area contributed by atoms with Crippen molar-refractivity contribution < 1.29 is 27.9 Å². The third-order valence-electron chi connectivity index (χ3n) is 5.24. The Kier molecular flexibility index (Phi) is 4.96. The van der Waals surface area contributed by atoms with E-state index >= 15 is 0 Å². The molecule has 1 aromatic carbocycles. The summed E-state index contributed by atoms with van der Waals surface area (Å²) in [5.41, 5.74) is -0.973. The zero-order valence-electron chi connectivity index (χ0n) is 14.1. The lowest BCUT2D eigenvalue weighted by Crippen LogP contribution is -2.65. The number of alkyl halides is 3. The summed E-state index contributed by atoms with van der Waals surface area (Å²) >= 11 is 0. The van der Waals surface area contributed by atoms with Crippen molar-refractivity contribution in [1.29, 1.82) is 0 Å². The van der Waals surface area contributed by atoms with E-state index in [0.29, 0.717) is 24.9 Å². The first-order valence-electron chi connectivity index (χ1n) is 8.69. The van der Waals surface area contributed by atoms with E-state index in [1.807, 2.05) is 0 Å². The van der Waals surface area contributed by atoms with Gasteiger partial charge in [-0.15, -0.1) is 0 Å². The lowest BCUT2D eigenvalue weighted by Gasteiger charge is -2.49. The lowest BCUT2D eigenvalue weighted by atomic mass is 9.75. The van der Waals surface area contributed by atoms with Crippen LogP contribution in [0.2, 0.25) is 0 Å². The van der Waals surface area contributed by atoms with Gasteiger partial charge in [0, 0.05) is 13.0 Å². The molecule has 8 heteroatoms. The van der Waals surface area contributed by atoms with Crippen LogP contribution in [0.5, 0.6) is 0 Å². The Morgan fingerprint density at radius 2 is 1.88 bits per heavy atom. The number of nitrogens with zero attached hydrogens (tertiary/aromatic N) is 1. The highest BCUT2D eigenvalue weighted by Crippen LogP contribution is 2.41. The molecule has 2 aliphatic rings. The predicted molar refractivity (Wildman–Crippen MR) is 86.9 cm³/mol. The Morgan fingerprint density at radius 1 is 1.19 bits per heavy atom. The first kappa shape index (κ1) is 18.7. The van der Waals surface area contributed by atoms with E-state index in [2.05, 4.69) is 0 Å². The van der Waals surface area contributed by atoms with Gasteiger partial charge < -0.3 is 15.3 Å². The van der Waals surface area contributed by atoms with E-state index in [1.165, 1.54) is 4.90 Å². The molecule has 1 aromatic rings.